The SMILES string of the molecule is CCCCCCCCCC(=O)C(O)C(CO)OCOC. The minimum absolute atomic E-state index is 0.0486. The number of methoxy groups -OCH3 is 1. The lowest BCUT2D eigenvalue weighted by molar-refractivity contribution is -0.151. The standard InChI is InChI=1S/C15H30O5/c1-3-4-5-6-7-8-9-10-13(17)15(18)14(11-16)20-12-19-2/h14-16,18H,3-12H2,1-2H3. The molecule has 20 heavy (non-hydrogen) atoms. The van der Waals surface area contributed by atoms with Crippen molar-refractivity contribution in [3.05, 3.63) is 0 Å². The van der Waals surface area contributed by atoms with Crippen LogP contribution in [0.2, 0.25) is 0 Å². The van der Waals surface area contributed by atoms with Crippen molar-refractivity contribution in [3.8, 4) is 0 Å². The molecule has 0 aliphatic carbocycles. The van der Waals surface area contributed by atoms with Gasteiger partial charge in [-0.1, -0.05) is 45.4 Å². The van der Waals surface area contributed by atoms with Gasteiger partial charge in [0, 0.05) is 13.5 Å². The first-order valence-corrected chi connectivity index (χ1v) is 7.59. The van der Waals surface area contributed by atoms with Crippen LogP contribution in [0.1, 0.15) is 58.3 Å². The van der Waals surface area contributed by atoms with Crippen LogP contribution in [0.4, 0.5) is 0 Å². The van der Waals surface area contributed by atoms with Crippen LogP contribution < -0.4 is 0 Å². The van der Waals surface area contributed by atoms with E-state index < -0.39 is 18.8 Å². The molecule has 0 aromatic heterocycles. The Balaban J connectivity index is 3.72. The molecule has 2 N–H and O–H groups in total. The third kappa shape index (κ3) is 9.42. The Hall–Kier alpha value is -0.490. The van der Waals surface area contributed by atoms with E-state index in [0.29, 0.717) is 6.42 Å². The van der Waals surface area contributed by atoms with Crippen LogP contribution in [-0.4, -0.2) is 48.7 Å². The van der Waals surface area contributed by atoms with Gasteiger partial charge in [0.25, 0.3) is 0 Å². The average molecular weight is 290 g/mol. The molecule has 0 aliphatic heterocycles. The van der Waals surface area contributed by atoms with Crippen molar-refractivity contribution in [3.63, 3.8) is 0 Å². The van der Waals surface area contributed by atoms with Gasteiger partial charge in [0.15, 0.2) is 5.78 Å². The lowest BCUT2D eigenvalue weighted by Crippen LogP contribution is -2.39. The number of hydrogen-bond donors (Lipinski definition) is 2. The Morgan fingerprint density at radius 1 is 1.10 bits per heavy atom. The number of aliphatic hydroxyl groups is 2. The van der Waals surface area contributed by atoms with Gasteiger partial charge in [0.1, 0.15) is 19.0 Å². The third-order valence-electron chi connectivity index (χ3n) is 3.29. The number of hydrogen-bond acceptors (Lipinski definition) is 5. The quantitative estimate of drug-likeness (QED) is 0.378. The molecule has 5 heteroatoms. The predicted octanol–water partition coefficient (Wildman–Crippen LogP) is 2.04. The summed E-state index contributed by atoms with van der Waals surface area (Å²) in [6.45, 7) is 1.74. The van der Waals surface area contributed by atoms with Gasteiger partial charge in [-0.05, 0) is 6.42 Å². The van der Waals surface area contributed by atoms with E-state index in [1.165, 1.54) is 32.8 Å². The summed E-state index contributed by atoms with van der Waals surface area (Å²) in [7, 11) is 1.45. The fourth-order valence-corrected chi connectivity index (χ4v) is 2.01. The lowest BCUT2D eigenvalue weighted by Gasteiger charge is -2.19. The first kappa shape index (κ1) is 19.5. The molecule has 0 radical (unpaired) electrons. The molecule has 0 aromatic carbocycles. The summed E-state index contributed by atoms with van der Waals surface area (Å²) in [6, 6.07) is 0. The number of carbonyl (C=O) groups is 1. The molecular formula is C15H30O5. The molecule has 0 amide bonds. The summed E-state index contributed by atoms with van der Waals surface area (Å²) >= 11 is 0. The molecule has 0 saturated heterocycles. The highest BCUT2D eigenvalue weighted by atomic mass is 16.7. The molecule has 0 heterocycles. The van der Waals surface area contributed by atoms with Crippen LogP contribution in [0.25, 0.3) is 0 Å². The summed E-state index contributed by atoms with van der Waals surface area (Å²) in [4.78, 5) is 11.8. The summed E-state index contributed by atoms with van der Waals surface area (Å²) in [5.74, 6) is -0.270. The molecule has 2 atom stereocenters. The Bertz CT molecular complexity index is 232. The monoisotopic (exact) mass is 290 g/mol. The van der Waals surface area contributed by atoms with Crippen molar-refractivity contribution in [2.75, 3.05) is 20.5 Å². The van der Waals surface area contributed by atoms with Crippen LogP contribution in [0, 0.1) is 0 Å². The minimum atomic E-state index is -1.27. The number of ketones is 1. The van der Waals surface area contributed by atoms with E-state index in [9.17, 15) is 9.90 Å². The third-order valence-corrected chi connectivity index (χ3v) is 3.29. The van der Waals surface area contributed by atoms with Crippen molar-refractivity contribution >= 4 is 5.78 Å². The molecule has 120 valence electrons. The minimum Gasteiger partial charge on any atom is -0.394 e. The highest BCUT2D eigenvalue weighted by Crippen LogP contribution is 2.11. The Morgan fingerprint density at radius 2 is 1.70 bits per heavy atom. The Morgan fingerprint density at radius 3 is 2.25 bits per heavy atom. The van der Waals surface area contributed by atoms with Crippen molar-refractivity contribution < 1.29 is 24.5 Å². The van der Waals surface area contributed by atoms with Crippen molar-refractivity contribution in [1.29, 1.82) is 0 Å². The summed E-state index contributed by atoms with van der Waals surface area (Å²) in [6.07, 6.45) is 6.05. The lowest BCUT2D eigenvalue weighted by atomic mass is 10.0. The number of Topliss-reactive ketones (excluding diaryl/α,β-unsaturated/α-hetero) is 1. The van der Waals surface area contributed by atoms with E-state index in [-0.39, 0.29) is 12.6 Å². The molecule has 0 aliphatic rings. The zero-order valence-electron chi connectivity index (χ0n) is 12.8. The van der Waals surface area contributed by atoms with Gasteiger partial charge in [0.05, 0.1) is 6.61 Å². The molecule has 0 fully saturated rings. The molecule has 0 rings (SSSR count). The fourth-order valence-electron chi connectivity index (χ4n) is 2.01. The van der Waals surface area contributed by atoms with E-state index >= 15 is 0 Å². The van der Waals surface area contributed by atoms with Gasteiger partial charge < -0.3 is 19.7 Å². The van der Waals surface area contributed by atoms with E-state index in [1.54, 1.807) is 0 Å². The summed E-state index contributed by atoms with van der Waals surface area (Å²) < 4.78 is 9.75. The van der Waals surface area contributed by atoms with Crippen LogP contribution in [0.15, 0.2) is 0 Å². The van der Waals surface area contributed by atoms with Crippen LogP contribution in [0.3, 0.4) is 0 Å². The maximum Gasteiger partial charge on any atom is 0.164 e. The van der Waals surface area contributed by atoms with E-state index in [4.69, 9.17) is 14.6 Å². The average Bonchev–Trinajstić information content (AvgIpc) is 2.46. The maximum atomic E-state index is 11.8. The summed E-state index contributed by atoms with van der Waals surface area (Å²) in [5, 5.41) is 18.9. The Kier molecular flexibility index (Phi) is 13.2. The summed E-state index contributed by atoms with van der Waals surface area (Å²) in [5.41, 5.74) is 0. The predicted molar refractivity (Wildman–Crippen MR) is 77.5 cm³/mol. The molecular weight excluding hydrogens is 260 g/mol. The van der Waals surface area contributed by atoms with Crippen LogP contribution in [-0.2, 0) is 14.3 Å². The fraction of sp³-hybridized carbons (Fsp3) is 0.933. The molecule has 0 bridgehead atoms. The number of unbranched alkanes of at least 4 members (excludes halogenated alkanes) is 6. The number of carbonyl (C=O) groups excluding carboxylic acids is 1. The van der Waals surface area contributed by atoms with E-state index in [0.717, 1.165) is 19.3 Å². The van der Waals surface area contributed by atoms with Crippen molar-refractivity contribution in [2.45, 2.75) is 70.5 Å². The van der Waals surface area contributed by atoms with Gasteiger partial charge in [-0.2, -0.15) is 0 Å². The van der Waals surface area contributed by atoms with E-state index in [2.05, 4.69) is 6.92 Å². The van der Waals surface area contributed by atoms with Gasteiger partial charge >= 0.3 is 0 Å². The van der Waals surface area contributed by atoms with Gasteiger partial charge in [-0.15, -0.1) is 0 Å². The zero-order valence-corrected chi connectivity index (χ0v) is 12.8. The largest absolute Gasteiger partial charge is 0.394 e. The van der Waals surface area contributed by atoms with E-state index in [1.807, 2.05) is 0 Å². The number of ether oxygens (including phenoxy) is 2. The van der Waals surface area contributed by atoms with Crippen LogP contribution >= 0.6 is 0 Å². The highest BCUT2D eigenvalue weighted by Gasteiger charge is 2.25. The second kappa shape index (κ2) is 13.5. The number of rotatable bonds is 14. The molecule has 0 saturated carbocycles. The highest BCUT2D eigenvalue weighted by molar-refractivity contribution is 5.83. The Labute approximate surface area is 122 Å². The van der Waals surface area contributed by atoms with Crippen molar-refractivity contribution in [1.82, 2.24) is 0 Å². The van der Waals surface area contributed by atoms with Crippen LogP contribution in [0.5, 0.6) is 0 Å². The smallest absolute Gasteiger partial charge is 0.164 e. The topological polar surface area (TPSA) is 76.0 Å². The molecule has 2 unspecified atom stereocenters. The molecule has 5 nitrogen and oxygen atoms in total. The van der Waals surface area contributed by atoms with Gasteiger partial charge in [0.2, 0.25) is 0 Å². The van der Waals surface area contributed by atoms with Gasteiger partial charge in [-0.3, -0.25) is 4.79 Å². The van der Waals surface area contributed by atoms with Crippen molar-refractivity contribution in [2.24, 2.45) is 0 Å². The second-order valence-corrected chi connectivity index (χ2v) is 5.08. The first-order valence-electron chi connectivity index (χ1n) is 7.59. The first-order chi connectivity index (χ1) is 9.67. The maximum absolute atomic E-state index is 11.8. The normalized spacial score (nSPS) is 14.2. The zero-order chi connectivity index (χ0) is 15.2. The van der Waals surface area contributed by atoms with Gasteiger partial charge in [-0.25, -0.2) is 0 Å². The second-order valence-electron chi connectivity index (χ2n) is 5.08. The number of aliphatic hydroxyl groups excluding tert-OH is 2. The molecule has 0 aromatic rings. The molecule has 0 spiro atoms.